The van der Waals surface area contributed by atoms with Crippen molar-refractivity contribution in [3.05, 3.63) is 64.7 Å². The molecule has 0 unspecified atom stereocenters. The van der Waals surface area contributed by atoms with Crippen molar-refractivity contribution in [1.29, 1.82) is 0 Å². The highest BCUT2D eigenvalue weighted by Crippen LogP contribution is 2.32. The van der Waals surface area contributed by atoms with E-state index in [-0.39, 0.29) is 16.8 Å². The number of anilines is 1. The molecule has 0 heterocycles. The number of carbonyl (C=O) groups excluding carboxylic acids is 2. The van der Waals surface area contributed by atoms with Gasteiger partial charge in [0, 0.05) is 28.9 Å². The van der Waals surface area contributed by atoms with Crippen molar-refractivity contribution in [2.45, 2.75) is 46.6 Å². The van der Waals surface area contributed by atoms with Crippen LogP contribution in [0.4, 0.5) is 23.2 Å². The largest absolute Gasteiger partial charge is 0.350 e. The van der Waals surface area contributed by atoms with E-state index in [1.807, 2.05) is 13.8 Å². The predicted octanol–water partition coefficient (Wildman–Crippen LogP) is 5.17. The van der Waals surface area contributed by atoms with Crippen molar-refractivity contribution < 1.29 is 27.2 Å². The number of carbonyl (C=O) groups is 2. The molecule has 4 nitrogen and oxygen atoms in total. The summed E-state index contributed by atoms with van der Waals surface area (Å²) < 4.78 is 55.2. The molecule has 2 N–H and O–H groups in total. The van der Waals surface area contributed by atoms with E-state index in [2.05, 4.69) is 10.6 Å². The van der Waals surface area contributed by atoms with Crippen molar-refractivity contribution in [1.82, 2.24) is 5.32 Å². The molecular weight excluding hydrogens is 388 g/mol. The van der Waals surface area contributed by atoms with E-state index in [0.29, 0.717) is 0 Å². The summed E-state index contributed by atoms with van der Waals surface area (Å²) in [6.45, 7) is 8.49. The first kappa shape index (κ1) is 24.1. The number of aryl methyl sites for hydroxylation is 1. The Morgan fingerprint density at radius 3 is 2.14 bits per heavy atom. The number of halogens is 4. The Bertz CT molecular complexity index is 883. The lowest BCUT2D eigenvalue weighted by Crippen LogP contribution is -2.42. The lowest BCUT2D eigenvalue weighted by Gasteiger charge is -2.20. The minimum absolute atomic E-state index is 0.0367. The third-order valence-electron chi connectivity index (χ3n) is 3.72. The van der Waals surface area contributed by atoms with Crippen molar-refractivity contribution in [2.75, 3.05) is 5.32 Å². The van der Waals surface area contributed by atoms with E-state index in [4.69, 9.17) is 0 Å². The number of alkyl halides is 2. The Labute approximate surface area is 167 Å². The number of hydrogen-bond acceptors (Lipinski definition) is 2. The lowest BCUT2D eigenvalue weighted by molar-refractivity contribution is -0.147. The van der Waals surface area contributed by atoms with Crippen LogP contribution in [0.5, 0.6) is 0 Å². The Hall–Kier alpha value is -2.90. The Morgan fingerprint density at radius 1 is 0.966 bits per heavy atom. The van der Waals surface area contributed by atoms with Crippen LogP contribution in [0, 0.1) is 18.6 Å². The van der Waals surface area contributed by atoms with Crippen molar-refractivity contribution in [3.63, 3.8) is 0 Å². The maximum atomic E-state index is 14.5. The molecule has 0 fully saturated rings. The van der Waals surface area contributed by atoms with Crippen molar-refractivity contribution in [2.24, 2.45) is 0 Å². The van der Waals surface area contributed by atoms with E-state index in [1.165, 1.54) is 19.1 Å². The zero-order chi connectivity index (χ0) is 22.4. The van der Waals surface area contributed by atoms with Gasteiger partial charge in [0.2, 0.25) is 0 Å². The van der Waals surface area contributed by atoms with Crippen LogP contribution >= 0.6 is 0 Å². The molecule has 29 heavy (non-hydrogen) atoms. The predicted molar refractivity (Wildman–Crippen MR) is 104 cm³/mol. The molecule has 0 atom stereocenters. The highest BCUT2D eigenvalue weighted by Gasteiger charge is 2.42. The molecule has 0 aliphatic heterocycles. The average Bonchev–Trinajstić information content (AvgIpc) is 2.66. The van der Waals surface area contributed by atoms with Crippen molar-refractivity contribution >= 4 is 17.5 Å². The number of rotatable bonds is 5. The van der Waals surface area contributed by atoms with Gasteiger partial charge >= 0.3 is 5.92 Å². The number of hydrogen-bond donors (Lipinski definition) is 2. The maximum absolute atomic E-state index is 14.5. The molecule has 2 rings (SSSR count). The summed E-state index contributed by atoms with van der Waals surface area (Å²) in [5.41, 5.74) is -0.676. The van der Waals surface area contributed by atoms with Gasteiger partial charge in [0.25, 0.3) is 11.8 Å². The van der Waals surface area contributed by atoms with E-state index >= 15 is 0 Å². The second kappa shape index (κ2) is 10.0. The monoisotopic (exact) mass is 412 g/mol. The molecule has 2 aromatic carbocycles. The van der Waals surface area contributed by atoms with Crippen LogP contribution in [0.15, 0.2) is 36.4 Å². The van der Waals surface area contributed by atoms with Gasteiger partial charge in [-0.1, -0.05) is 19.9 Å². The first-order valence-corrected chi connectivity index (χ1v) is 9.08. The summed E-state index contributed by atoms with van der Waals surface area (Å²) in [6, 6.07) is 5.74. The summed E-state index contributed by atoms with van der Waals surface area (Å²) >= 11 is 0. The first-order chi connectivity index (χ1) is 13.5. The molecule has 0 radical (unpaired) electrons. The summed E-state index contributed by atoms with van der Waals surface area (Å²) in [5, 5.41) is 4.44. The summed E-state index contributed by atoms with van der Waals surface area (Å²) in [4.78, 5) is 24.1. The molecule has 2 amide bonds. The fourth-order valence-corrected chi connectivity index (χ4v) is 2.35. The third kappa shape index (κ3) is 6.04. The fourth-order valence-electron chi connectivity index (χ4n) is 2.35. The first-order valence-electron chi connectivity index (χ1n) is 9.08. The Balaban J connectivity index is 0.00000204. The molecule has 0 spiro atoms. The molecule has 2 aromatic rings. The topological polar surface area (TPSA) is 58.2 Å². The molecule has 0 aliphatic rings. The third-order valence-corrected chi connectivity index (χ3v) is 3.72. The van der Waals surface area contributed by atoms with Crippen molar-refractivity contribution in [3.8, 4) is 0 Å². The van der Waals surface area contributed by atoms with Gasteiger partial charge in [0.15, 0.2) is 11.6 Å². The summed E-state index contributed by atoms with van der Waals surface area (Å²) in [5.74, 6) is -8.36. The van der Waals surface area contributed by atoms with Gasteiger partial charge in [-0.15, -0.1) is 0 Å². The Kier molecular flexibility index (Phi) is 8.36. The maximum Gasteiger partial charge on any atom is 0.350 e. The van der Waals surface area contributed by atoms with Crippen LogP contribution in [0.1, 0.15) is 49.2 Å². The van der Waals surface area contributed by atoms with Crippen LogP contribution in [0.25, 0.3) is 0 Å². The normalized spacial score (nSPS) is 10.8. The lowest BCUT2D eigenvalue weighted by atomic mass is 9.98. The Morgan fingerprint density at radius 2 is 1.59 bits per heavy atom. The molecule has 0 bridgehead atoms. The standard InChI is InChI=1S/C19H18F4N2O2.C2H6/c1-10(2)24-18(27)19(22,23)14-8-12(5-4-11(14)3)17(26)25-13-6-7-15(20)16(21)9-13;1-2/h4-10H,1-3H3,(H,24,27)(H,25,26);1-2H3. The van der Waals surface area contributed by atoms with Gasteiger partial charge in [0.1, 0.15) is 0 Å². The molecule has 158 valence electrons. The second-order valence-corrected chi connectivity index (χ2v) is 6.32. The minimum Gasteiger partial charge on any atom is -0.348 e. The van der Waals surface area contributed by atoms with Gasteiger partial charge in [-0.2, -0.15) is 8.78 Å². The summed E-state index contributed by atoms with van der Waals surface area (Å²) in [7, 11) is 0. The van der Waals surface area contributed by atoms with Crippen LogP contribution in [0.3, 0.4) is 0 Å². The molecular formula is C21H24F4N2O2. The molecule has 0 aliphatic carbocycles. The zero-order valence-electron chi connectivity index (χ0n) is 16.9. The smallest absolute Gasteiger partial charge is 0.348 e. The quantitative estimate of drug-likeness (QED) is 0.666. The van der Waals surface area contributed by atoms with Gasteiger partial charge in [-0.25, -0.2) is 8.78 Å². The molecule has 0 saturated heterocycles. The zero-order valence-corrected chi connectivity index (χ0v) is 16.9. The van der Waals surface area contributed by atoms with Crippen LogP contribution in [-0.2, 0) is 10.7 Å². The van der Waals surface area contributed by atoms with E-state index < -0.39 is 41.0 Å². The number of nitrogens with one attached hydrogen (secondary N) is 2. The molecule has 0 aromatic heterocycles. The molecule has 8 heteroatoms. The second-order valence-electron chi connectivity index (χ2n) is 6.32. The number of amides is 2. The van der Waals surface area contributed by atoms with Gasteiger partial charge < -0.3 is 10.6 Å². The van der Waals surface area contributed by atoms with Crippen LogP contribution in [0.2, 0.25) is 0 Å². The van der Waals surface area contributed by atoms with Crippen LogP contribution in [-0.4, -0.2) is 17.9 Å². The van der Waals surface area contributed by atoms with Gasteiger partial charge in [0.05, 0.1) is 0 Å². The fraction of sp³-hybridized carbons (Fsp3) is 0.333. The highest BCUT2D eigenvalue weighted by molar-refractivity contribution is 6.04. The van der Waals surface area contributed by atoms with E-state index in [9.17, 15) is 27.2 Å². The van der Waals surface area contributed by atoms with Gasteiger partial charge in [-0.3, -0.25) is 9.59 Å². The SMILES string of the molecule is CC.Cc1ccc(C(=O)Nc2ccc(F)c(F)c2)cc1C(F)(F)C(=O)NC(C)C. The summed E-state index contributed by atoms with van der Waals surface area (Å²) in [6.07, 6.45) is 0. The number of benzene rings is 2. The van der Waals surface area contributed by atoms with Crippen LogP contribution < -0.4 is 10.6 Å². The minimum atomic E-state index is -3.84. The van der Waals surface area contributed by atoms with E-state index in [1.54, 1.807) is 13.8 Å². The average molecular weight is 412 g/mol. The molecule has 0 saturated carbocycles. The van der Waals surface area contributed by atoms with E-state index in [0.717, 1.165) is 24.3 Å². The highest BCUT2D eigenvalue weighted by atomic mass is 19.3. The van der Waals surface area contributed by atoms with Gasteiger partial charge in [-0.05, 0) is 50.6 Å².